The first-order chi connectivity index (χ1) is 11.3. The van der Waals surface area contributed by atoms with Gasteiger partial charge in [0, 0.05) is 36.8 Å². The maximum absolute atomic E-state index is 12.3. The Bertz CT molecular complexity index is 660. The molecule has 0 bridgehead atoms. The third-order valence-corrected chi connectivity index (χ3v) is 4.10. The SMILES string of the molecule is CCCn1ccnc1-c1cccc(NC(=O)[C@@H]2CCCOC2)c1. The average Bonchev–Trinajstić information content (AvgIpc) is 3.04. The van der Waals surface area contributed by atoms with E-state index in [0.29, 0.717) is 6.61 Å². The Balaban J connectivity index is 1.74. The van der Waals surface area contributed by atoms with Crippen LogP contribution in [-0.2, 0) is 16.1 Å². The third kappa shape index (κ3) is 3.79. The van der Waals surface area contributed by atoms with E-state index in [0.717, 1.165) is 49.5 Å². The van der Waals surface area contributed by atoms with Crippen LogP contribution >= 0.6 is 0 Å². The minimum atomic E-state index is -0.0468. The summed E-state index contributed by atoms with van der Waals surface area (Å²) in [5.74, 6) is 0.928. The molecule has 0 radical (unpaired) electrons. The van der Waals surface area contributed by atoms with Crippen LogP contribution in [0.15, 0.2) is 36.7 Å². The van der Waals surface area contributed by atoms with Crippen molar-refractivity contribution in [1.82, 2.24) is 9.55 Å². The molecule has 1 N–H and O–H groups in total. The Hall–Kier alpha value is -2.14. The first-order valence-electron chi connectivity index (χ1n) is 8.28. The van der Waals surface area contributed by atoms with E-state index in [9.17, 15) is 4.79 Å². The summed E-state index contributed by atoms with van der Waals surface area (Å²) in [6, 6.07) is 7.87. The molecular weight excluding hydrogens is 290 g/mol. The lowest BCUT2D eigenvalue weighted by Crippen LogP contribution is -2.30. The number of aryl methyl sites for hydroxylation is 1. The average molecular weight is 313 g/mol. The van der Waals surface area contributed by atoms with E-state index in [2.05, 4.69) is 21.8 Å². The monoisotopic (exact) mass is 313 g/mol. The van der Waals surface area contributed by atoms with Gasteiger partial charge in [0.1, 0.15) is 5.82 Å². The first kappa shape index (κ1) is 15.7. The molecule has 1 aliphatic heterocycles. The maximum Gasteiger partial charge on any atom is 0.229 e. The van der Waals surface area contributed by atoms with Crippen molar-refractivity contribution in [3.8, 4) is 11.4 Å². The topological polar surface area (TPSA) is 56.2 Å². The minimum Gasteiger partial charge on any atom is -0.381 e. The first-order valence-corrected chi connectivity index (χ1v) is 8.28. The van der Waals surface area contributed by atoms with Crippen LogP contribution < -0.4 is 5.32 Å². The number of nitrogens with zero attached hydrogens (tertiary/aromatic N) is 2. The van der Waals surface area contributed by atoms with Crippen LogP contribution in [0.25, 0.3) is 11.4 Å². The van der Waals surface area contributed by atoms with Gasteiger partial charge >= 0.3 is 0 Å². The molecule has 23 heavy (non-hydrogen) atoms. The molecule has 0 spiro atoms. The molecule has 3 rings (SSSR count). The highest BCUT2D eigenvalue weighted by atomic mass is 16.5. The van der Waals surface area contributed by atoms with E-state index >= 15 is 0 Å². The molecule has 122 valence electrons. The lowest BCUT2D eigenvalue weighted by Gasteiger charge is -2.21. The normalized spacial score (nSPS) is 17.9. The van der Waals surface area contributed by atoms with Crippen molar-refractivity contribution >= 4 is 11.6 Å². The molecule has 0 saturated carbocycles. The maximum atomic E-state index is 12.3. The molecule has 2 aromatic rings. The Labute approximate surface area is 136 Å². The van der Waals surface area contributed by atoms with Crippen molar-refractivity contribution in [2.45, 2.75) is 32.7 Å². The van der Waals surface area contributed by atoms with Gasteiger partial charge in [-0.1, -0.05) is 19.1 Å². The summed E-state index contributed by atoms with van der Waals surface area (Å²) in [6.07, 6.45) is 6.71. The fourth-order valence-electron chi connectivity index (χ4n) is 2.92. The highest BCUT2D eigenvalue weighted by Crippen LogP contribution is 2.23. The van der Waals surface area contributed by atoms with Crippen LogP contribution in [0.4, 0.5) is 5.69 Å². The molecule has 1 aromatic carbocycles. The molecular formula is C18H23N3O2. The summed E-state index contributed by atoms with van der Waals surface area (Å²) < 4.78 is 7.53. The van der Waals surface area contributed by atoms with Gasteiger partial charge in [0.05, 0.1) is 12.5 Å². The quantitative estimate of drug-likeness (QED) is 0.921. The second kappa shape index (κ2) is 7.42. The number of amides is 1. The summed E-state index contributed by atoms with van der Waals surface area (Å²) in [7, 11) is 0. The molecule has 1 atom stereocenters. The van der Waals surface area contributed by atoms with Gasteiger partial charge < -0.3 is 14.6 Å². The molecule has 0 aliphatic carbocycles. The van der Waals surface area contributed by atoms with E-state index < -0.39 is 0 Å². The Morgan fingerprint density at radius 3 is 3.17 bits per heavy atom. The van der Waals surface area contributed by atoms with Gasteiger partial charge in [-0.25, -0.2) is 4.98 Å². The predicted molar refractivity (Wildman–Crippen MR) is 90.1 cm³/mol. The fourth-order valence-corrected chi connectivity index (χ4v) is 2.92. The second-order valence-corrected chi connectivity index (χ2v) is 5.93. The highest BCUT2D eigenvalue weighted by molar-refractivity contribution is 5.93. The number of hydrogen-bond acceptors (Lipinski definition) is 3. The van der Waals surface area contributed by atoms with Crippen molar-refractivity contribution in [2.75, 3.05) is 18.5 Å². The zero-order chi connectivity index (χ0) is 16.1. The zero-order valence-electron chi connectivity index (χ0n) is 13.5. The largest absolute Gasteiger partial charge is 0.381 e. The van der Waals surface area contributed by atoms with Crippen molar-refractivity contribution in [3.05, 3.63) is 36.7 Å². The molecule has 5 heteroatoms. The summed E-state index contributed by atoms with van der Waals surface area (Å²) >= 11 is 0. The summed E-state index contributed by atoms with van der Waals surface area (Å²) in [5, 5.41) is 3.01. The zero-order valence-corrected chi connectivity index (χ0v) is 13.5. The van der Waals surface area contributed by atoms with Crippen LogP contribution in [0.1, 0.15) is 26.2 Å². The van der Waals surface area contributed by atoms with Gasteiger partial charge in [-0.3, -0.25) is 4.79 Å². The number of anilines is 1. The lowest BCUT2D eigenvalue weighted by molar-refractivity contribution is -0.123. The van der Waals surface area contributed by atoms with Gasteiger partial charge in [0.2, 0.25) is 5.91 Å². The van der Waals surface area contributed by atoms with E-state index in [1.807, 2.05) is 36.7 Å². The number of nitrogens with one attached hydrogen (secondary N) is 1. The van der Waals surface area contributed by atoms with Crippen LogP contribution in [0.3, 0.4) is 0 Å². The van der Waals surface area contributed by atoms with E-state index in [1.54, 1.807) is 0 Å². The second-order valence-electron chi connectivity index (χ2n) is 5.93. The summed E-state index contributed by atoms with van der Waals surface area (Å²) in [4.78, 5) is 16.8. The van der Waals surface area contributed by atoms with Crippen LogP contribution in [0.5, 0.6) is 0 Å². The molecule has 1 aromatic heterocycles. The fraction of sp³-hybridized carbons (Fsp3) is 0.444. The number of benzene rings is 1. The molecule has 2 heterocycles. The number of ether oxygens (including phenoxy) is 1. The standard InChI is InChI=1S/C18H23N3O2/c1-2-9-21-10-8-19-17(21)14-5-3-7-16(12-14)20-18(22)15-6-4-11-23-13-15/h3,5,7-8,10,12,15H,2,4,6,9,11,13H2,1H3,(H,20,22)/t15-/m1/s1. The van der Waals surface area contributed by atoms with Gasteiger partial charge in [0.25, 0.3) is 0 Å². The van der Waals surface area contributed by atoms with Crippen molar-refractivity contribution < 1.29 is 9.53 Å². The third-order valence-electron chi connectivity index (χ3n) is 4.10. The summed E-state index contributed by atoms with van der Waals surface area (Å²) in [5.41, 5.74) is 1.82. The van der Waals surface area contributed by atoms with Crippen molar-refractivity contribution in [2.24, 2.45) is 5.92 Å². The number of carbonyl (C=O) groups excluding carboxylic acids is 1. The minimum absolute atomic E-state index is 0.0405. The molecule has 5 nitrogen and oxygen atoms in total. The molecule has 0 unspecified atom stereocenters. The van der Waals surface area contributed by atoms with Gasteiger partial charge in [-0.2, -0.15) is 0 Å². The number of imidazole rings is 1. The number of aromatic nitrogens is 2. The predicted octanol–water partition coefficient (Wildman–Crippen LogP) is 3.33. The molecule has 1 fully saturated rings. The smallest absolute Gasteiger partial charge is 0.229 e. The molecule has 1 aliphatic rings. The van der Waals surface area contributed by atoms with E-state index in [-0.39, 0.29) is 11.8 Å². The van der Waals surface area contributed by atoms with E-state index in [4.69, 9.17) is 4.74 Å². The lowest BCUT2D eigenvalue weighted by atomic mass is 10.0. The Kier molecular flexibility index (Phi) is 5.08. The molecule has 1 saturated heterocycles. The number of carbonyl (C=O) groups is 1. The van der Waals surface area contributed by atoms with E-state index in [1.165, 1.54) is 0 Å². The Morgan fingerprint density at radius 1 is 1.48 bits per heavy atom. The van der Waals surface area contributed by atoms with Crippen molar-refractivity contribution in [1.29, 1.82) is 0 Å². The highest BCUT2D eigenvalue weighted by Gasteiger charge is 2.21. The Morgan fingerprint density at radius 2 is 2.39 bits per heavy atom. The van der Waals surface area contributed by atoms with Crippen LogP contribution in [-0.4, -0.2) is 28.7 Å². The number of rotatable bonds is 5. The van der Waals surface area contributed by atoms with Gasteiger partial charge in [-0.05, 0) is 31.4 Å². The number of hydrogen-bond donors (Lipinski definition) is 1. The van der Waals surface area contributed by atoms with Gasteiger partial charge in [0.15, 0.2) is 0 Å². The molecule has 1 amide bonds. The van der Waals surface area contributed by atoms with Crippen LogP contribution in [0, 0.1) is 5.92 Å². The van der Waals surface area contributed by atoms with Gasteiger partial charge in [-0.15, -0.1) is 0 Å². The summed E-state index contributed by atoms with van der Waals surface area (Å²) in [6.45, 7) is 4.36. The van der Waals surface area contributed by atoms with Crippen molar-refractivity contribution in [3.63, 3.8) is 0 Å². The van der Waals surface area contributed by atoms with Crippen LogP contribution in [0.2, 0.25) is 0 Å².